The minimum atomic E-state index is -3.73. The highest BCUT2D eigenvalue weighted by Crippen LogP contribution is 2.23. The van der Waals surface area contributed by atoms with Crippen LogP contribution in [0, 0.1) is 6.92 Å². The van der Waals surface area contributed by atoms with Gasteiger partial charge in [-0.1, -0.05) is 17.7 Å². The second-order valence-electron chi connectivity index (χ2n) is 7.28. The van der Waals surface area contributed by atoms with E-state index in [0.29, 0.717) is 18.5 Å². The van der Waals surface area contributed by atoms with Crippen molar-refractivity contribution in [1.82, 2.24) is 20.0 Å². The molecule has 0 spiro atoms. The molecule has 9 nitrogen and oxygen atoms in total. The van der Waals surface area contributed by atoms with Gasteiger partial charge in [0, 0.05) is 6.20 Å². The van der Waals surface area contributed by atoms with E-state index in [4.69, 9.17) is 4.74 Å². The number of ether oxygens (including phenoxy) is 1. The van der Waals surface area contributed by atoms with Crippen molar-refractivity contribution in [2.45, 2.75) is 55.9 Å². The highest BCUT2D eigenvalue weighted by atomic mass is 32.2. The Kier molecular flexibility index (Phi) is 7.48. The lowest BCUT2D eigenvalue weighted by atomic mass is 9.98. The predicted molar refractivity (Wildman–Crippen MR) is 109 cm³/mol. The summed E-state index contributed by atoms with van der Waals surface area (Å²) in [4.78, 5) is 20.2. The van der Waals surface area contributed by atoms with E-state index in [1.807, 2.05) is 6.92 Å². The molecule has 1 aromatic carbocycles. The fraction of sp³-hybridized carbons (Fsp3) is 0.450. The Morgan fingerprint density at radius 1 is 1.23 bits per heavy atom. The lowest BCUT2D eigenvalue weighted by Crippen LogP contribution is -2.51. The number of carbonyl (C=O) groups is 1. The molecule has 10 heteroatoms. The number of amides is 1. The third-order valence-corrected chi connectivity index (χ3v) is 6.46. The average molecular weight is 435 g/mol. The van der Waals surface area contributed by atoms with E-state index in [2.05, 4.69) is 20.0 Å². The molecular weight excluding hydrogens is 408 g/mol. The molecule has 3 atom stereocenters. The van der Waals surface area contributed by atoms with Crippen LogP contribution in [0.2, 0.25) is 0 Å². The van der Waals surface area contributed by atoms with Crippen LogP contribution in [0.5, 0.6) is 0 Å². The standard InChI is InChI=1S/C20H26N4O5S/c1-14-2-5-17(6-3-14)30(27,28)24-18-7-4-16(29-19(18)12-25)10-20(26)22-11-15-8-9-21-13-23-15/h2-3,5-6,8-9,13,16,18-19,24-25H,4,7,10-12H2,1H3,(H,22,26)/t16-,18-,19-/m0/s1. The minimum absolute atomic E-state index is 0.124. The molecule has 0 unspecified atom stereocenters. The van der Waals surface area contributed by atoms with Crippen LogP contribution in [0.4, 0.5) is 0 Å². The first-order valence-electron chi connectivity index (χ1n) is 9.74. The molecule has 0 aliphatic carbocycles. The number of rotatable bonds is 8. The summed E-state index contributed by atoms with van der Waals surface area (Å²) in [5.74, 6) is -0.200. The van der Waals surface area contributed by atoms with Crippen molar-refractivity contribution in [1.29, 1.82) is 0 Å². The van der Waals surface area contributed by atoms with Crippen LogP contribution in [-0.4, -0.2) is 54.3 Å². The lowest BCUT2D eigenvalue weighted by molar-refractivity contribution is -0.130. The summed E-state index contributed by atoms with van der Waals surface area (Å²) in [5, 5.41) is 12.5. The highest BCUT2D eigenvalue weighted by molar-refractivity contribution is 7.89. The smallest absolute Gasteiger partial charge is 0.240 e. The molecule has 2 heterocycles. The molecule has 30 heavy (non-hydrogen) atoms. The molecular formula is C20H26N4O5S. The van der Waals surface area contributed by atoms with Gasteiger partial charge in [-0.05, 0) is 38.0 Å². The summed E-state index contributed by atoms with van der Waals surface area (Å²) in [6.07, 6.45) is 2.97. The van der Waals surface area contributed by atoms with Crippen molar-refractivity contribution in [3.05, 3.63) is 54.1 Å². The Hall–Kier alpha value is -2.40. The van der Waals surface area contributed by atoms with Crippen molar-refractivity contribution in [2.24, 2.45) is 0 Å². The zero-order valence-corrected chi connectivity index (χ0v) is 17.5. The van der Waals surface area contributed by atoms with E-state index in [1.165, 1.54) is 6.33 Å². The van der Waals surface area contributed by atoms with Crippen molar-refractivity contribution < 1.29 is 23.1 Å². The fourth-order valence-corrected chi connectivity index (χ4v) is 4.59. The number of hydrogen-bond acceptors (Lipinski definition) is 7. The van der Waals surface area contributed by atoms with Crippen LogP contribution in [0.25, 0.3) is 0 Å². The van der Waals surface area contributed by atoms with Gasteiger partial charge in [-0.2, -0.15) is 0 Å². The van der Waals surface area contributed by atoms with Crippen molar-refractivity contribution in [2.75, 3.05) is 6.61 Å². The Labute approximate surface area is 176 Å². The average Bonchev–Trinajstić information content (AvgIpc) is 2.74. The van der Waals surface area contributed by atoms with Gasteiger partial charge in [-0.25, -0.2) is 23.1 Å². The van der Waals surface area contributed by atoms with Gasteiger partial charge in [-0.15, -0.1) is 0 Å². The summed E-state index contributed by atoms with van der Waals surface area (Å²) in [5.41, 5.74) is 1.66. The van der Waals surface area contributed by atoms with Crippen LogP contribution < -0.4 is 10.0 Å². The van der Waals surface area contributed by atoms with E-state index >= 15 is 0 Å². The minimum Gasteiger partial charge on any atom is -0.394 e. The Balaban J connectivity index is 1.53. The second kappa shape index (κ2) is 10.1. The van der Waals surface area contributed by atoms with Crippen molar-refractivity contribution in [3.63, 3.8) is 0 Å². The molecule has 1 aliphatic rings. The largest absolute Gasteiger partial charge is 0.394 e. The van der Waals surface area contributed by atoms with Gasteiger partial charge < -0.3 is 15.2 Å². The van der Waals surface area contributed by atoms with Gasteiger partial charge in [0.25, 0.3) is 0 Å². The van der Waals surface area contributed by atoms with Crippen LogP contribution in [0.15, 0.2) is 47.8 Å². The van der Waals surface area contributed by atoms with Gasteiger partial charge in [0.1, 0.15) is 6.33 Å². The Bertz CT molecular complexity index is 937. The van der Waals surface area contributed by atoms with E-state index in [9.17, 15) is 18.3 Å². The monoisotopic (exact) mass is 434 g/mol. The normalized spacial score (nSPS) is 21.9. The maximum atomic E-state index is 12.6. The molecule has 1 saturated heterocycles. The molecule has 1 aromatic heterocycles. The molecule has 162 valence electrons. The molecule has 1 fully saturated rings. The highest BCUT2D eigenvalue weighted by Gasteiger charge is 2.34. The summed E-state index contributed by atoms with van der Waals surface area (Å²) < 4.78 is 33.7. The lowest BCUT2D eigenvalue weighted by Gasteiger charge is -2.35. The Morgan fingerprint density at radius 2 is 2.00 bits per heavy atom. The van der Waals surface area contributed by atoms with Crippen LogP contribution in [-0.2, 0) is 26.1 Å². The molecule has 0 bridgehead atoms. The van der Waals surface area contributed by atoms with E-state index in [1.54, 1.807) is 36.5 Å². The van der Waals surface area contributed by atoms with Crippen LogP contribution >= 0.6 is 0 Å². The number of sulfonamides is 1. The van der Waals surface area contributed by atoms with Gasteiger partial charge in [0.2, 0.25) is 15.9 Å². The van der Waals surface area contributed by atoms with E-state index in [0.717, 1.165) is 5.56 Å². The van der Waals surface area contributed by atoms with Gasteiger partial charge in [0.05, 0.1) is 48.4 Å². The summed E-state index contributed by atoms with van der Waals surface area (Å²) >= 11 is 0. The maximum Gasteiger partial charge on any atom is 0.240 e. The molecule has 1 amide bonds. The number of aromatic nitrogens is 2. The molecule has 0 saturated carbocycles. The first kappa shape index (κ1) is 22.3. The number of aliphatic hydroxyl groups excluding tert-OH is 1. The molecule has 1 aliphatic heterocycles. The summed E-state index contributed by atoms with van der Waals surface area (Å²) in [7, 11) is -3.73. The fourth-order valence-electron chi connectivity index (χ4n) is 3.29. The third-order valence-electron chi connectivity index (χ3n) is 4.96. The number of benzene rings is 1. The van der Waals surface area contributed by atoms with Gasteiger partial charge >= 0.3 is 0 Å². The number of aliphatic hydroxyl groups is 1. The van der Waals surface area contributed by atoms with Crippen molar-refractivity contribution in [3.8, 4) is 0 Å². The molecule has 3 N–H and O–H groups in total. The SMILES string of the molecule is Cc1ccc(S(=O)(=O)N[C@H]2CC[C@@H](CC(=O)NCc3ccncn3)O[C@H]2CO)cc1. The van der Waals surface area contributed by atoms with Crippen molar-refractivity contribution >= 4 is 15.9 Å². The molecule has 2 aromatic rings. The van der Waals surface area contributed by atoms with Crippen LogP contribution in [0.3, 0.4) is 0 Å². The molecule has 0 radical (unpaired) electrons. The van der Waals surface area contributed by atoms with Gasteiger partial charge in [0.15, 0.2) is 0 Å². The number of nitrogens with one attached hydrogen (secondary N) is 2. The molecule has 3 rings (SSSR count). The zero-order chi connectivity index (χ0) is 21.6. The topological polar surface area (TPSA) is 131 Å². The first-order chi connectivity index (χ1) is 14.4. The van der Waals surface area contributed by atoms with Gasteiger partial charge in [-0.3, -0.25) is 4.79 Å². The van der Waals surface area contributed by atoms with E-state index in [-0.39, 0.29) is 30.4 Å². The zero-order valence-electron chi connectivity index (χ0n) is 16.7. The summed E-state index contributed by atoms with van der Waals surface area (Å²) in [6, 6.07) is 7.68. The first-order valence-corrected chi connectivity index (χ1v) is 11.2. The maximum absolute atomic E-state index is 12.6. The number of carbonyl (C=O) groups excluding carboxylic acids is 1. The Morgan fingerprint density at radius 3 is 2.67 bits per heavy atom. The quantitative estimate of drug-likeness (QED) is 0.557. The second-order valence-corrected chi connectivity index (χ2v) is 8.99. The van der Waals surface area contributed by atoms with E-state index < -0.39 is 28.3 Å². The van der Waals surface area contributed by atoms with Crippen LogP contribution in [0.1, 0.15) is 30.5 Å². The predicted octanol–water partition coefficient (Wildman–Crippen LogP) is 0.678. The number of nitrogens with zero attached hydrogens (tertiary/aromatic N) is 2. The third kappa shape index (κ3) is 6.05. The number of aryl methyl sites for hydroxylation is 1. The summed E-state index contributed by atoms with van der Waals surface area (Å²) in [6.45, 7) is 1.82. The number of hydrogen-bond donors (Lipinski definition) is 3.